The number of aliphatic hydroxyl groups excluding tert-OH is 1. The lowest BCUT2D eigenvalue weighted by molar-refractivity contribution is -0.0105. The van der Waals surface area contributed by atoms with Gasteiger partial charge in [0.25, 0.3) is 0 Å². The van der Waals surface area contributed by atoms with Crippen LogP contribution in [0.1, 0.15) is 28.9 Å². The summed E-state index contributed by atoms with van der Waals surface area (Å²) in [6.07, 6.45) is 1.83. The molecule has 0 spiro atoms. The number of nitrogens with zero attached hydrogens (tertiary/aromatic N) is 4. The van der Waals surface area contributed by atoms with Crippen molar-refractivity contribution in [2.24, 2.45) is 0 Å². The molecule has 0 radical (unpaired) electrons. The summed E-state index contributed by atoms with van der Waals surface area (Å²) in [6, 6.07) is 18.3. The van der Waals surface area contributed by atoms with Crippen LogP contribution in [-0.4, -0.2) is 44.8 Å². The van der Waals surface area contributed by atoms with Crippen molar-refractivity contribution in [2.75, 3.05) is 13.7 Å². The van der Waals surface area contributed by atoms with Gasteiger partial charge in [-0.05, 0) is 59.8 Å². The van der Waals surface area contributed by atoms with Crippen LogP contribution in [0.5, 0.6) is 5.75 Å². The lowest BCUT2D eigenvalue weighted by atomic mass is 9.90. The van der Waals surface area contributed by atoms with Gasteiger partial charge in [-0.15, -0.1) is 16.4 Å². The van der Waals surface area contributed by atoms with E-state index in [0.29, 0.717) is 18.7 Å². The number of aliphatic hydroxyl groups is 1. The van der Waals surface area contributed by atoms with E-state index in [4.69, 9.17) is 4.74 Å². The molecule has 33 heavy (non-hydrogen) atoms. The highest BCUT2D eigenvalue weighted by Crippen LogP contribution is 2.37. The molecule has 0 bridgehead atoms. The third-order valence-electron chi connectivity index (χ3n) is 6.20. The van der Waals surface area contributed by atoms with E-state index in [9.17, 15) is 9.50 Å². The van der Waals surface area contributed by atoms with Gasteiger partial charge in [0.1, 0.15) is 17.3 Å². The number of hydrogen-bond acceptors (Lipinski definition) is 6. The van der Waals surface area contributed by atoms with Gasteiger partial charge in [0.2, 0.25) is 0 Å². The van der Waals surface area contributed by atoms with Gasteiger partial charge in [0.05, 0.1) is 25.5 Å². The largest absolute Gasteiger partial charge is 0.497 e. The zero-order valence-corrected chi connectivity index (χ0v) is 19.0. The number of hydrogen-bond donors (Lipinski definition) is 1. The Hall–Kier alpha value is -3.07. The number of piperidine rings is 1. The van der Waals surface area contributed by atoms with E-state index in [2.05, 4.69) is 44.9 Å². The zero-order chi connectivity index (χ0) is 22.8. The van der Waals surface area contributed by atoms with Crippen molar-refractivity contribution in [3.8, 4) is 17.0 Å². The number of thiophene rings is 1. The maximum atomic E-state index is 13.3. The number of halogens is 1. The van der Waals surface area contributed by atoms with Crippen molar-refractivity contribution in [1.82, 2.24) is 19.9 Å². The van der Waals surface area contributed by atoms with Crippen LogP contribution in [-0.2, 0) is 6.54 Å². The number of rotatable bonds is 6. The van der Waals surface area contributed by atoms with Gasteiger partial charge in [-0.2, -0.15) is 0 Å². The number of likely N-dealkylation sites (tertiary alicyclic amines) is 1. The van der Waals surface area contributed by atoms with Gasteiger partial charge >= 0.3 is 0 Å². The smallest absolute Gasteiger partial charge is 0.123 e. The minimum Gasteiger partial charge on any atom is -0.497 e. The van der Waals surface area contributed by atoms with E-state index in [0.717, 1.165) is 23.4 Å². The summed E-state index contributed by atoms with van der Waals surface area (Å²) in [5.74, 6) is 0.524. The first-order chi connectivity index (χ1) is 16.1. The predicted octanol–water partition coefficient (Wildman–Crippen LogP) is 4.70. The summed E-state index contributed by atoms with van der Waals surface area (Å²) in [5, 5.41) is 21.8. The van der Waals surface area contributed by atoms with E-state index in [-0.39, 0.29) is 17.9 Å². The van der Waals surface area contributed by atoms with Crippen LogP contribution < -0.4 is 4.74 Å². The molecule has 5 rings (SSSR count). The average molecular weight is 465 g/mol. The van der Waals surface area contributed by atoms with Crippen LogP contribution in [0, 0.1) is 5.82 Å². The molecule has 1 N–H and O–H groups in total. The highest BCUT2D eigenvalue weighted by Gasteiger charge is 2.37. The quantitative estimate of drug-likeness (QED) is 0.448. The number of benzene rings is 2. The molecule has 0 unspecified atom stereocenters. The fraction of sp³-hybridized carbons (Fsp3) is 0.280. The monoisotopic (exact) mass is 464 g/mol. The van der Waals surface area contributed by atoms with E-state index >= 15 is 0 Å². The first-order valence-corrected chi connectivity index (χ1v) is 11.7. The molecule has 2 aromatic heterocycles. The fourth-order valence-electron chi connectivity index (χ4n) is 4.43. The van der Waals surface area contributed by atoms with Gasteiger partial charge in [-0.3, -0.25) is 4.90 Å². The van der Waals surface area contributed by atoms with Crippen molar-refractivity contribution in [3.05, 3.63) is 88.5 Å². The first kappa shape index (κ1) is 21.8. The number of aromatic nitrogens is 3. The van der Waals surface area contributed by atoms with Crippen LogP contribution in [0.3, 0.4) is 0 Å². The molecule has 2 aromatic carbocycles. The van der Waals surface area contributed by atoms with Crippen LogP contribution >= 0.6 is 11.3 Å². The van der Waals surface area contributed by atoms with E-state index in [1.807, 2.05) is 18.3 Å². The second kappa shape index (κ2) is 9.43. The Morgan fingerprint density at radius 3 is 2.61 bits per heavy atom. The van der Waals surface area contributed by atoms with Gasteiger partial charge in [-0.25, -0.2) is 9.07 Å². The molecule has 0 saturated carbocycles. The summed E-state index contributed by atoms with van der Waals surface area (Å²) in [4.78, 5) is 3.67. The maximum absolute atomic E-state index is 13.3. The average Bonchev–Trinajstić information content (AvgIpc) is 3.53. The molecule has 3 atom stereocenters. The molecule has 0 aliphatic carbocycles. The predicted molar refractivity (Wildman–Crippen MR) is 126 cm³/mol. The van der Waals surface area contributed by atoms with Crippen LogP contribution in [0.2, 0.25) is 0 Å². The second-order valence-electron chi connectivity index (χ2n) is 8.26. The van der Waals surface area contributed by atoms with Crippen molar-refractivity contribution < 1.29 is 14.2 Å². The Kier molecular flexibility index (Phi) is 6.22. The second-order valence-corrected chi connectivity index (χ2v) is 9.29. The third-order valence-corrected chi connectivity index (χ3v) is 7.06. The summed E-state index contributed by atoms with van der Waals surface area (Å²) in [6.45, 7) is 1.42. The van der Waals surface area contributed by atoms with Crippen LogP contribution in [0.25, 0.3) is 11.3 Å². The molecule has 1 saturated heterocycles. The van der Waals surface area contributed by atoms with Crippen molar-refractivity contribution in [1.29, 1.82) is 0 Å². The molecule has 1 fully saturated rings. The topological polar surface area (TPSA) is 63.4 Å². The molecule has 3 heterocycles. The molecule has 8 heteroatoms. The summed E-state index contributed by atoms with van der Waals surface area (Å²) < 4.78 is 20.3. The van der Waals surface area contributed by atoms with Gasteiger partial charge in [0.15, 0.2) is 0 Å². The minimum absolute atomic E-state index is 0.0735. The third kappa shape index (κ3) is 4.68. The Bertz CT molecular complexity index is 1180. The van der Waals surface area contributed by atoms with Crippen molar-refractivity contribution >= 4 is 11.3 Å². The first-order valence-electron chi connectivity index (χ1n) is 10.9. The molecular weight excluding hydrogens is 439 g/mol. The van der Waals surface area contributed by atoms with E-state index in [1.165, 1.54) is 17.0 Å². The van der Waals surface area contributed by atoms with Gasteiger partial charge in [0, 0.05) is 29.6 Å². The highest BCUT2D eigenvalue weighted by atomic mass is 32.1. The zero-order valence-electron chi connectivity index (χ0n) is 18.2. The SMILES string of the molecule is COc1ccc([C@H]2C[C@@H](O)[C@H](n3cc(-c4ccc(F)cc4)nn3)CN2Cc2cccs2)cc1. The number of methoxy groups -OCH3 is 1. The highest BCUT2D eigenvalue weighted by molar-refractivity contribution is 7.09. The van der Waals surface area contributed by atoms with Gasteiger partial charge < -0.3 is 9.84 Å². The Morgan fingerprint density at radius 1 is 1.12 bits per heavy atom. The molecule has 0 amide bonds. The minimum atomic E-state index is -0.584. The summed E-state index contributed by atoms with van der Waals surface area (Å²) in [7, 11) is 1.66. The van der Waals surface area contributed by atoms with E-state index < -0.39 is 6.10 Å². The summed E-state index contributed by atoms with van der Waals surface area (Å²) >= 11 is 1.73. The summed E-state index contributed by atoms with van der Waals surface area (Å²) in [5.41, 5.74) is 2.60. The maximum Gasteiger partial charge on any atom is 0.123 e. The standard InChI is InChI=1S/C25H25FN4O2S/c1-32-20-10-6-18(7-11-20)23-13-25(31)24(16-29(23)14-21-3-2-12-33-21)30-15-22(27-28-30)17-4-8-19(26)9-5-17/h2-12,15,23-25,31H,13-14,16H2,1H3/t23-,24-,25-/m1/s1. The number of ether oxygens (including phenoxy) is 1. The lowest BCUT2D eigenvalue weighted by Gasteiger charge is -2.42. The molecule has 4 aromatic rings. The molecule has 1 aliphatic rings. The van der Waals surface area contributed by atoms with Gasteiger partial charge in [-0.1, -0.05) is 23.4 Å². The fourth-order valence-corrected chi connectivity index (χ4v) is 5.16. The van der Waals surface area contributed by atoms with Crippen LogP contribution in [0.4, 0.5) is 4.39 Å². The molecule has 6 nitrogen and oxygen atoms in total. The molecular formula is C25H25FN4O2S. The normalized spacial score (nSPS) is 21.2. The Labute approximate surface area is 195 Å². The van der Waals surface area contributed by atoms with Crippen molar-refractivity contribution in [2.45, 2.75) is 31.2 Å². The molecule has 170 valence electrons. The Balaban J connectivity index is 1.41. The lowest BCUT2D eigenvalue weighted by Crippen LogP contribution is -2.45. The van der Waals surface area contributed by atoms with Crippen LogP contribution in [0.15, 0.2) is 72.2 Å². The van der Waals surface area contributed by atoms with Crippen molar-refractivity contribution in [3.63, 3.8) is 0 Å². The Morgan fingerprint density at radius 2 is 1.91 bits per heavy atom. The van der Waals surface area contributed by atoms with E-state index in [1.54, 1.807) is 35.3 Å². The molecule has 1 aliphatic heterocycles.